The summed E-state index contributed by atoms with van der Waals surface area (Å²) in [5.41, 5.74) is 1.26. The lowest BCUT2D eigenvalue weighted by Gasteiger charge is -2.22. The average Bonchev–Trinajstić information content (AvgIpc) is 2.74. The van der Waals surface area contributed by atoms with Crippen LogP contribution in [0.1, 0.15) is 16.8 Å². The van der Waals surface area contributed by atoms with Crippen LogP contribution in [0.3, 0.4) is 0 Å². The number of nitrogens with zero attached hydrogens (tertiary/aromatic N) is 3. The van der Waals surface area contributed by atoms with Crippen molar-refractivity contribution < 1.29 is 9.59 Å². The minimum atomic E-state index is -0.178. The van der Waals surface area contributed by atoms with Gasteiger partial charge in [0.05, 0.1) is 11.3 Å². The predicted octanol–water partition coefficient (Wildman–Crippen LogP) is 2.26. The minimum absolute atomic E-state index is 0.0195. The highest BCUT2D eigenvalue weighted by Gasteiger charge is 2.29. The maximum atomic E-state index is 13.1. The highest BCUT2D eigenvalue weighted by molar-refractivity contribution is 7.99. The molecule has 1 N–H and O–H groups in total. The molecule has 0 fully saturated rings. The van der Waals surface area contributed by atoms with Gasteiger partial charge >= 0.3 is 0 Å². The molecule has 0 bridgehead atoms. The zero-order chi connectivity index (χ0) is 18.5. The highest BCUT2D eigenvalue weighted by atomic mass is 32.2. The van der Waals surface area contributed by atoms with E-state index in [2.05, 4.69) is 15.2 Å². The zero-order valence-corrected chi connectivity index (χ0v) is 15.8. The molecule has 136 valence electrons. The molecule has 1 aliphatic rings. The second kappa shape index (κ2) is 8.33. The van der Waals surface area contributed by atoms with Crippen LogP contribution in [-0.4, -0.2) is 55.4 Å². The van der Waals surface area contributed by atoms with Crippen molar-refractivity contribution in [3.8, 4) is 0 Å². The summed E-state index contributed by atoms with van der Waals surface area (Å²) in [6.07, 6.45) is 2.56. The van der Waals surface area contributed by atoms with Gasteiger partial charge in [0.2, 0.25) is 5.91 Å². The van der Waals surface area contributed by atoms with E-state index in [9.17, 15) is 9.59 Å². The van der Waals surface area contributed by atoms with E-state index in [1.807, 2.05) is 38.4 Å². The van der Waals surface area contributed by atoms with E-state index >= 15 is 0 Å². The number of aromatic nitrogens is 1. The third-order valence-corrected chi connectivity index (χ3v) is 5.10. The number of anilines is 1. The van der Waals surface area contributed by atoms with Gasteiger partial charge in [0, 0.05) is 17.6 Å². The molecule has 0 atom stereocenters. The smallest absolute Gasteiger partial charge is 0.259 e. The third kappa shape index (κ3) is 4.23. The first-order valence-corrected chi connectivity index (χ1v) is 9.33. The molecule has 0 spiro atoms. The van der Waals surface area contributed by atoms with Crippen LogP contribution in [0.15, 0.2) is 52.5 Å². The lowest BCUT2D eigenvalue weighted by atomic mass is 10.2. The first kappa shape index (κ1) is 18.4. The molecule has 6 nitrogen and oxygen atoms in total. The molecule has 1 aliphatic heterocycles. The average molecular weight is 370 g/mol. The minimum Gasteiger partial charge on any atom is -0.355 e. The summed E-state index contributed by atoms with van der Waals surface area (Å²) in [6, 6.07) is 11.0. The van der Waals surface area contributed by atoms with Crippen LogP contribution < -0.4 is 10.2 Å². The number of nitrogens with one attached hydrogen (secondary N) is 1. The second-order valence-corrected chi connectivity index (χ2v) is 7.35. The lowest BCUT2D eigenvalue weighted by molar-refractivity contribution is -0.119. The Morgan fingerprint density at radius 2 is 2.04 bits per heavy atom. The number of amides is 2. The van der Waals surface area contributed by atoms with Crippen LogP contribution in [0.25, 0.3) is 0 Å². The van der Waals surface area contributed by atoms with Gasteiger partial charge in [-0.3, -0.25) is 14.5 Å². The Labute approximate surface area is 157 Å². The number of carbonyl (C=O) groups is 2. The van der Waals surface area contributed by atoms with Gasteiger partial charge in [0.15, 0.2) is 0 Å². The summed E-state index contributed by atoms with van der Waals surface area (Å²) >= 11 is 1.45. The van der Waals surface area contributed by atoms with E-state index in [0.717, 1.165) is 22.9 Å². The SMILES string of the molecule is CN(C)CCCNC(=O)CN1C(=O)c2ccccc2Sc2ncccc21. The van der Waals surface area contributed by atoms with E-state index < -0.39 is 0 Å². The van der Waals surface area contributed by atoms with Gasteiger partial charge < -0.3 is 10.2 Å². The van der Waals surface area contributed by atoms with Crippen molar-refractivity contribution in [1.29, 1.82) is 0 Å². The Hall–Kier alpha value is -2.38. The molecule has 2 aromatic rings. The Bertz CT molecular complexity index is 810. The van der Waals surface area contributed by atoms with E-state index in [1.165, 1.54) is 16.7 Å². The van der Waals surface area contributed by atoms with Gasteiger partial charge in [-0.25, -0.2) is 4.98 Å². The highest BCUT2D eigenvalue weighted by Crippen LogP contribution is 2.39. The number of hydrogen-bond acceptors (Lipinski definition) is 5. The number of carbonyl (C=O) groups excluding carboxylic acids is 2. The molecule has 0 aliphatic carbocycles. The molecule has 7 heteroatoms. The molecule has 1 aromatic heterocycles. The van der Waals surface area contributed by atoms with Gasteiger partial charge in [-0.2, -0.15) is 0 Å². The summed E-state index contributed by atoms with van der Waals surface area (Å²) in [5, 5.41) is 3.62. The van der Waals surface area contributed by atoms with Crippen LogP contribution in [0.4, 0.5) is 5.69 Å². The van der Waals surface area contributed by atoms with Crippen LogP contribution >= 0.6 is 11.8 Å². The maximum absolute atomic E-state index is 13.1. The number of benzene rings is 1. The van der Waals surface area contributed by atoms with Crippen molar-refractivity contribution in [3.05, 3.63) is 48.2 Å². The molecular formula is C19H22N4O2S. The molecule has 0 saturated heterocycles. The van der Waals surface area contributed by atoms with Crippen LogP contribution in [0.5, 0.6) is 0 Å². The number of pyridine rings is 1. The molecule has 26 heavy (non-hydrogen) atoms. The normalized spacial score (nSPS) is 13.2. The summed E-state index contributed by atoms with van der Waals surface area (Å²) < 4.78 is 0. The van der Waals surface area contributed by atoms with Gasteiger partial charge in [-0.15, -0.1) is 0 Å². The van der Waals surface area contributed by atoms with E-state index in [1.54, 1.807) is 18.3 Å². The fourth-order valence-corrected chi connectivity index (χ4v) is 3.75. The summed E-state index contributed by atoms with van der Waals surface area (Å²) in [4.78, 5) is 34.3. The van der Waals surface area contributed by atoms with Crippen molar-refractivity contribution in [2.45, 2.75) is 16.3 Å². The number of rotatable bonds is 6. The standard InChI is InChI=1S/C19H22N4O2S/c1-22(2)12-6-11-20-17(24)13-23-15-8-5-10-21-18(15)26-16-9-4-3-7-14(16)19(23)25/h3-5,7-10H,6,11-13H2,1-2H3,(H,20,24). The van der Waals surface area contributed by atoms with E-state index in [-0.39, 0.29) is 18.4 Å². The Morgan fingerprint density at radius 1 is 1.23 bits per heavy atom. The maximum Gasteiger partial charge on any atom is 0.259 e. The first-order chi connectivity index (χ1) is 12.6. The molecule has 0 radical (unpaired) electrons. The van der Waals surface area contributed by atoms with Gasteiger partial charge in [-0.05, 0) is 51.3 Å². The summed E-state index contributed by atoms with van der Waals surface area (Å²) in [7, 11) is 3.99. The van der Waals surface area contributed by atoms with Crippen LogP contribution in [0, 0.1) is 0 Å². The fraction of sp³-hybridized carbons (Fsp3) is 0.316. The molecule has 3 rings (SSSR count). The summed E-state index contributed by atoms with van der Waals surface area (Å²) in [5.74, 6) is -0.348. The summed E-state index contributed by atoms with van der Waals surface area (Å²) in [6.45, 7) is 1.47. The predicted molar refractivity (Wildman–Crippen MR) is 103 cm³/mol. The zero-order valence-electron chi connectivity index (χ0n) is 14.9. The Kier molecular flexibility index (Phi) is 5.90. The van der Waals surface area contributed by atoms with E-state index in [0.29, 0.717) is 17.8 Å². The van der Waals surface area contributed by atoms with Gasteiger partial charge in [0.1, 0.15) is 11.6 Å². The monoisotopic (exact) mass is 370 g/mol. The molecule has 1 aromatic carbocycles. The molecule has 0 unspecified atom stereocenters. The quantitative estimate of drug-likeness (QED) is 0.790. The van der Waals surface area contributed by atoms with Crippen LogP contribution in [0.2, 0.25) is 0 Å². The van der Waals surface area contributed by atoms with Crippen molar-refractivity contribution in [2.75, 3.05) is 38.6 Å². The molecular weight excluding hydrogens is 348 g/mol. The lowest BCUT2D eigenvalue weighted by Crippen LogP contribution is -2.41. The number of hydrogen-bond donors (Lipinski definition) is 1. The Balaban J connectivity index is 1.79. The third-order valence-electron chi connectivity index (χ3n) is 4.02. The van der Waals surface area contributed by atoms with Gasteiger partial charge in [0.25, 0.3) is 5.91 Å². The van der Waals surface area contributed by atoms with Gasteiger partial charge in [-0.1, -0.05) is 23.9 Å². The fourth-order valence-electron chi connectivity index (χ4n) is 2.74. The molecule has 2 heterocycles. The molecule has 0 saturated carbocycles. The first-order valence-electron chi connectivity index (χ1n) is 8.51. The van der Waals surface area contributed by atoms with Crippen molar-refractivity contribution >= 4 is 29.3 Å². The topological polar surface area (TPSA) is 65.5 Å². The Morgan fingerprint density at radius 3 is 2.85 bits per heavy atom. The van der Waals surface area contributed by atoms with Crippen molar-refractivity contribution in [1.82, 2.24) is 15.2 Å². The van der Waals surface area contributed by atoms with Crippen LogP contribution in [-0.2, 0) is 4.79 Å². The van der Waals surface area contributed by atoms with Crippen molar-refractivity contribution in [3.63, 3.8) is 0 Å². The van der Waals surface area contributed by atoms with Crippen molar-refractivity contribution in [2.24, 2.45) is 0 Å². The number of fused-ring (bicyclic) bond motifs is 2. The van der Waals surface area contributed by atoms with E-state index in [4.69, 9.17) is 0 Å². The molecule has 2 amide bonds. The largest absolute Gasteiger partial charge is 0.355 e. The second-order valence-electron chi connectivity index (χ2n) is 6.32.